The van der Waals surface area contributed by atoms with Gasteiger partial charge in [-0.1, -0.05) is 0 Å². The van der Waals surface area contributed by atoms with Crippen LogP contribution >= 0.6 is 0 Å². The van der Waals surface area contributed by atoms with Crippen molar-refractivity contribution in [3.05, 3.63) is 33.9 Å². The third-order valence-electron chi connectivity index (χ3n) is 3.58. The van der Waals surface area contributed by atoms with Crippen LogP contribution in [-0.4, -0.2) is 36.6 Å². The molecule has 0 aromatic heterocycles. The molecule has 2 rings (SSSR count). The van der Waals surface area contributed by atoms with Crippen LogP contribution in [-0.2, 0) is 4.74 Å². The third kappa shape index (κ3) is 3.49. The summed E-state index contributed by atoms with van der Waals surface area (Å²) in [7, 11) is 1.60. The molecule has 1 fully saturated rings. The average molecular weight is 293 g/mol. The second kappa shape index (κ2) is 6.09. The zero-order valence-corrected chi connectivity index (χ0v) is 12.1. The SMILES string of the molecule is CNc1ccc(C(=O)NC2(C)CCCOC2)cc1[N+](=O)[O-]. The molecule has 21 heavy (non-hydrogen) atoms. The maximum absolute atomic E-state index is 12.3. The van der Waals surface area contributed by atoms with Crippen LogP contribution in [0.5, 0.6) is 0 Å². The lowest BCUT2D eigenvalue weighted by Gasteiger charge is -2.34. The Bertz CT molecular complexity index is 553. The van der Waals surface area contributed by atoms with Gasteiger partial charge < -0.3 is 15.4 Å². The van der Waals surface area contributed by atoms with Crippen LogP contribution in [0.1, 0.15) is 30.1 Å². The fourth-order valence-electron chi connectivity index (χ4n) is 2.41. The highest BCUT2D eigenvalue weighted by atomic mass is 16.6. The summed E-state index contributed by atoms with van der Waals surface area (Å²) < 4.78 is 5.39. The normalized spacial score (nSPS) is 21.6. The Labute approximate surface area is 122 Å². The van der Waals surface area contributed by atoms with Gasteiger partial charge in [-0.05, 0) is 31.9 Å². The van der Waals surface area contributed by atoms with Gasteiger partial charge in [0.2, 0.25) is 0 Å². The lowest BCUT2D eigenvalue weighted by molar-refractivity contribution is -0.384. The Kier molecular flexibility index (Phi) is 4.42. The number of rotatable bonds is 4. The van der Waals surface area contributed by atoms with Crippen molar-refractivity contribution >= 4 is 17.3 Å². The minimum Gasteiger partial charge on any atom is -0.383 e. The molecule has 1 unspecified atom stereocenters. The standard InChI is InChI=1S/C14H19N3O4/c1-14(6-3-7-21-9-14)16-13(18)10-4-5-11(15-2)12(8-10)17(19)20/h4-5,8,15H,3,6-7,9H2,1-2H3,(H,16,18). The van der Waals surface area contributed by atoms with E-state index in [2.05, 4.69) is 10.6 Å². The first-order valence-electron chi connectivity index (χ1n) is 6.82. The first-order chi connectivity index (χ1) is 9.95. The monoisotopic (exact) mass is 293 g/mol. The quantitative estimate of drug-likeness (QED) is 0.653. The van der Waals surface area contributed by atoms with E-state index in [-0.39, 0.29) is 17.2 Å². The van der Waals surface area contributed by atoms with Crippen LogP contribution in [0.4, 0.5) is 11.4 Å². The summed E-state index contributed by atoms with van der Waals surface area (Å²) in [5, 5.41) is 16.7. The second-order valence-corrected chi connectivity index (χ2v) is 5.41. The number of ether oxygens (including phenoxy) is 1. The number of benzene rings is 1. The van der Waals surface area contributed by atoms with Gasteiger partial charge in [-0.25, -0.2) is 0 Å². The van der Waals surface area contributed by atoms with Crippen molar-refractivity contribution in [2.45, 2.75) is 25.3 Å². The third-order valence-corrected chi connectivity index (χ3v) is 3.58. The maximum Gasteiger partial charge on any atom is 0.293 e. The lowest BCUT2D eigenvalue weighted by atomic mass is 9.94. The molecule has 1 heterocycles. The molecule has 7 heteroatoms. The number of hydrogen-bond donors (Lipinski definition) is 2. The highest BCUT2D eigenvalue weighted by Gasteiger charge is 2.30. The van der Waals surface area contributed by atoms with Gasteiger partial charge in [0, 0.05) is 25.3 Å². The summed E-state index contributed by atoms with van der Waals surface area (Å²) in [6, 6.07) is 4.39. The number of nitro groups is 1. The van der Waals surface area contributed by atoms with E-state index in [1.54, 1.807) is 13.1 Å². The Morgan fingerprint density at radius 3 is 2.81 bits per heavy atom. The number of carbonyl (C=O) groups is 1. The van der Waals surface area contributed by atoms with E-state index < -0.39 is 10.5 Å². The van der Waals surface area contributed by atoms with Crippen LogP contribution in [0.25, 0.3) is 0 Å². The number of anilines is 1. The highest BCUT2D eigenvalue weighted by Crippen LogP contribution is 2.26. The Morgan fingerprint density at radius 1 is 1.48 bits per heavy atom. The van der Waals surface area contributed by atoms with Crippen LogP contribution in [0.3, 0.4) is 0 Å². The second-order valence-electron chi connectivity index (χ2n) is 5.41. The smallest absolute Gasteiger partial charge is 0.293 e. The highest BCUT2D eigenvalue weighted by molar-refractivity contribution is 5.96. The number of carbonyl (C=O) groups excluding carboxylic acids is 1. The number of nitrogens with zero attached hydrogens (tertiary/aromatic N) is 1. The maximum atomic E-state index is 12.3. The summed E-state index contributed by atoms with van der Waals surface area (Å²) >= 11 is 0. The molecule has 1 aromatic carbocycles. The van der Waals surface area contributed by atoms with Crippen LogP contribution in [0.15, 0.2) is 18.2 Å². The molecule has 1 amide bonds. The van der Waals surface area contributed by atoms with Crippen LogP contribution in [0.2, 0.25) is 0 Å². The Hall–Kier alpha value is -2.15. The minimum atomic E-state index is -0.506. The molecule has 114 valence electrons. The van der Waals surface area contributed by atoms with Crippen molar-refractivity contribution in [1.82, 2.24) is 5.32 Å². The molecule has 0 saturated carbocycles. The fraction of sp³-hybridized carbons (Fsp3) is 0.500. The molecule has 0 aliphatic carbocycles. The van der Waals surface area contributed by atoms with Crippen molar-refractivity contribution in [3.8, 4) is 0 Å². The largest absolute Gasteiger partial charge is 0.383 e. The number of nitrogens with one attached hydrogen (secondary N) is 2. The first kappa shape index (κ1) is 15.2. The summed E-state index contributed by atoms with van der Waals surface area (Å²) in [6.45, 7) is 3.07. The predicted molar refractivity (Wildman–Crippen MR) is 78.6 cm³/mol. The molecule has 1 saturated heterocycles. The predicted octanol–water partition coefficient (Wildman–Crippen LogP) is 1.94. The van der Waals surface area contributed by atoms with Crippen molar-refractivity contribution in [2.24, 2.45) is 0 Å². The van der Waals surface area contributed by atoms with E-state index >= 15 is 0 Å². The molecule has 2 N–H and O–H groups in total. The van der Waals surface area contributed by atoms with E-state index in [1.165, 1.54) is 12.1 Å². The van der Waals surface area contributed by atoms with E-state index in [0.717, 1.165) is 12.8 Å². The average Bonchev–Trinajstić information content (AvgIpc) is 2.46. The number of hydrogen-bond acceptors (Lipinski definition) is 5. The molecule has 1 aliphatic rings. The molecule has 0 radical (unpaired) electrons. The zero-order chi connectivity index (χ0) is 15.5. The molecule has 7 nitrogen and oxygen atoms in total. The van der Waals surface area contributed by atoms with Crippen molar-refractivity contribution in [3.63, 3.8) is 0 Å². The minimum absolute atomic E-state index is 0.116. The summed E-state index contributed by atoms with van der Waals surface area (Å²) in [5.74, 6) is -0.325. The fourth-order valence-corrected chi connectivity index (χ4v) is 2.41. The summed E-state index contributed by atoms with van der Waals surface area (Å²) in [6.07, 6.45) is 1.71. The van der Waals surface area contributed by atoms with Gasteiger partial charge in [-0.2, -0.15) is 0 Å². The first-order valence-corrected chi connectivity index (χ1v) is 6.82. The van der Waals surface area contributed by atoms with Crippen LogP contribution in [0, 0.1) is 10.1 Å². The van der Waals surface area contributed by atoms with Crippen molar-refractivity contribution < 1.29 is 14.5 Å². The number of nitro benzene ring substituents is 1. The Morgan fingerprint density at radius 2 is 2.24 bits per heavy atom. The van der Waals surface area contributed by atoms with E-state index in [1.807, 2.05) is 6.92 Å². The molecule has 1 aliphatic heterocycles. The van der Waals surface area contributed by atoms with E-state index in [0.29, 0.717) is 18.9 Å². The van der Waals surface area contributed by atoms with Gasteiger partial charge >= 0.3 is 0 Å². The molecule has 0 spiro atoms. The summed E-state index contributed by atoms with van der Waals surface area (Å²) in [5.41, 5.74) is 0.109. The van der Waals surface area contributed by atoms with Gasteiger partial charge in [0.15, 0.2) is 0 Å². The molecule has 1 aromatic rings. The number of amides is 1. The lowest BCUT2D eigenvalue weighted by Crippen LogP contribution is -2.51. The van der Waals surface area contributed by atoms with Gasteiger partial charge in [0.25, 0.3) is 11.6 Å². The summed E-state index contributed by atoms with van der Waals surface area (Å²) in [4.78, 5) is 22.8. The topological polar surface area (TPSA) is 93.5 Å². The molecule has 1 atom stereocenters. The van der Waals surface area contributed by atoms with Crippen molar-refractivity contribution in [1.29, 1.82) is 0 Å². The van der Waals surface area contributed by atoms with Gasteiger partial charge in [0.1, 0.15) is 5.69 Å². The van der Waals surface area contributed by atoms with Gasteiger partial charge in [-0.3, -0.25) is 14.9 Å². The van der Waals surface area contributed by atoms with Crippen LogP contribution < -0.4 is 10.6 Å². The molecule has 0 bridgehead atoms. The molecular weight excluding hydrogens is 274 g/mol. The zero-order valence-electron chi connectivity index (χ0n) is 12.1. The van der Waals surface area contributed by atoms with Gasteiger partial charge in [-0.15, -0.1) is 0 Å². The van der Waals surface area contributed by atoms with E-state index in [4.69, 9.17) is 4.74 Å². The Balaban J connectivity index is 2.19. The molecular formula is C14H19N3O4. The van der Waals surface area contributed by atoms with E-state index in [9.17, 15) is 14.9 Å². The van der Waals surface area contributed by atoms with Crippen molar-refractivity contribution in [2.75, 3.05) is 25.6 Å². The van der Waals surface area contributed by atoms with Gasteiger partial charge in [0.05, 0.1) is 17.1 Å².